The van der Waals surface area contributed by atoms with Gasteiger partial charge in [-0.05, 0) is 30.3 Å². The second kappa shape index (κ2) is 9.37. The van der Waals surface area contributed by atoms with E-state index in [4.69, 9.17) is 16.3 Å². The predicted molar refractivity (Wildman–Crippen MR) is 115 cm³/mol. The largest absolute Gasteiger partial charge is 0.472 e. The Balaban J connectivity index is 1.49. The molecule has 0 fully saturated rings. The van der Waals surface area contributed by atoms with Gasteiger partial charge in [-0.25, -0.2) is 18.1 Å². The molecule has 0 unspecified atom stereocenters. The van der Waals surface area contributed by atoms with Crippen LogP contribution < -0.4 is 10.1 Å². The summed E-state index contributed by atoms with van der Waals surface area (Å²) in [5, 5.41) is 10.8. The molecule has 2 aromatic carbocycles. The summed E-state index contributed by atoms with van der Waals surface area (Å²) in [7, 11) is 1.14. The monoisotopic (exact) mass is 475 g/mol. The van der Waals surface area contributed by atoms with Crippen LogP contribution in [0, 0.1) is 5.95 Å². The lowest BCUT2D eigenvalue weighted by Gasteiger charge is -2.11. The Labute approximate surface area is 191 Å². The number of para-hydroxylation sites is 1. The van der Waals surface area contributed by atoms with Crippen LogP contribution >= 0.6 is 11.6 Å². The highest BCUT2D eigenvalue weighted by Crippen LogP contribution is 2.26. The van der Waals surface area contributed by atoms with Crippen LogP contribution in [-0.2, 0) is 13.7 Å². The Morgan fingerprint density at radius 3 is 2.58 bits per heavy atom. The van der Waals surface area contributed by atoms with Crippen LogP contribution in [0.3, 0.4) is 0 Å². The number of rotatable bonds is 7. The lowest BCUT2D eigenvalue weighted by molar-refractivity contribution is 0.100. The summed E-state index contributed by atoms with van der Waals surface area (Å²) in [6, 6.07) is 15.3. The highest BCUT2D eigenvalue weighted by atomic mass is 35.5. The van der Waals surface area contributed by atoms with Gasteiger partial charge in [-0.15, -0.1) is 5.10 Å². The number of benzene rings is 2. The van der Waals surface area contributed by atoms with Crippen LogP contribution in [0.25, 0.3) is 5.69 Å². The van der Waals surface area contributed by atoms with Crippen molar-refractivity contribution in [2.24, 2.45) is 7.05 Å². The van der Waals surface area contributed by atoms with Crippen molar-refractivity contribution in [3.8, 4) is 11.6 Å². The first kappa shape index (κ1) is 22.4. The van der Waals surface area contributed by atoms with E-state index in [1.807, 2.05) is 0 Å². The van der Waals surface area contributed by atoms with Crippen molar-refractivity contribution in [2.45, 2.75) is 13.0 Å². The summed E-state index contributed by atoms with van der Waals surface area (Å²) in [5.74, 6) is -1.86. The molecular weight excluding hydrogens is 459 g/mol. The van der Waals surface area contributed by atoms with Gasteiger partial charge in [-0.2, -0.15) is 9.49 Å². The third-order valence-electron chi connectivity index (χ3n) is 4.73. The molecule has 33 heavy (non-hydrogen) atoms. The first-order chi connectivity index (χ1) is 15.8. The SMILES string of the molecule is Cn1nc(C(F)F)c(C(=O)Nc2ccccc2COc2ccn(-c3ccc(Cl)cc3)n2)c1F. The third kappa shape index (κ3) is 4.85. The topological polar surface area (TPSA) is 74.0 Å². The average Bonchev–Trinajstić information content (AvgIpc) is 3.38. The van der Waals surface area contributed by atoms with Gasteiger partial charge < -0.3 is 10.1 Å². The van der Waals surface area contributed by atoms with Gasteiger partial charge in [0.25, 0.3) is 12.3 Å². The maximum Gasteiger partial charge on any atom is 0.283 e. The summed E-state index contributed by atoms with van der Waals surface area (Å²) in [6.45, 7) is 0.0192. The number of carbonyl (C=O) groups excluding carboxylic acids is 1. The molecule has 0 saturated heterocycles. The zero-order valence-electron chi connectivity index (χ0n) is 17.2. The third-order valence-corrected chi connectivity index (χ3v) is 4.99. The van der Waals surface area contributed by atoms with Crippen LogP contribution in [0.4, 0.5) is 18.9 Å². The molecule has 0 saturated carbocycles. The fourth-order valence-corrected chi connectivity index (χ4v) is 3.24. The Hall–Kier alpha value is -3.79. The maximum absolute atomic E-state index is 14.2. The van der Waals surface area contributed by atoms with Crippen LogP contribution in [0.2, 0.25) is 5.02 Å². The highest BCUT2D eigenvalue weighted by Gasteiger charge is 2.28. The Morgan fingerprint density at radius 2 is 1.85 bits per heavy atom. The van der Waals surface area contributed by atoms with Gasteiger partial charge in [-0.3, -0.25) is 4.79 Å². The molecule has 0 aliphatic carbocycles. The number of hydrogen-bond donors (Lipinski definition) is 1. The van der Waals surface area contributed by atoms with Crippen molar-refractivity contribution in [1.82, 2.24) is 19.6 Å². The minimum absolute atomic E-state index is 0.0192. The summed E-state index contributed by atoms with van der Waals surface area (Å²) in [6.07, 6.45) is -1.39. The van der Waals surface area contributed by atoms with Gasteiger partial charge in [0.05, 0.1) is 5.69 Å². The molecule has 0 atom stereocenters. The number of nitrogens with one attached hydrogen (secondary N) is 1. The highest BCUT2D eigenvalue weighted by molar-refractivity contribution is 6.30. The van der Waals surface area contributed by atoms with Gasteiger partial charge in [0, 0.05) is 35.6 Å². The molecule has 4 rings (SSSR count). The zero-order chi connectivity index (χ0) is 23.5. The zero-order valence-corrected chi connectivity index (χ0v) is 17.9. The van der Waals surface area contributed by atoms with Gasteiger partial charge >= 0.3 is 0 Å². The molecular formula is C22H17ClF3N5O2. The van der Waals surface area contributed by atoms with Gasteiger partial charge in [0.2, 0.25) is 11.8 Å². The molecule has 2 heterocycles. The summed E-state index contributed by atoms with van der Waals surface area (Å²) < 4.78 is 48.5. The van der Waals surface area contributed by atoms with E-state index in [0.717, 1.165) is 12.7 Å². The van der Waals surface area contributed by atoms with E-state index >= 15 is 0 Å². The number of alkyl halides is 2. The van der Waals surface area contributed by atoms with Crippen molar-refractivity contribution in [3.63, 3.8) is 0 Å². The molecule has 170 valence electrons. The molecule has 0 bridgehead atoms. The van der Waals surface area contributed by atoms with Gasteiger partial charge in [-0.1, -0.05) is 29.8 Å². The average molecular weight is 476 g/mol. The minimum atomic E-state index is -3.10. The van der Waals surface area contributed by atoms with E-state index in [1.165, 1.54) is 0 Å². The predicted octanol–water partition coefficient (Wildman–Crippen LogP) is 5.17. The standard InChI is InChI=1S/C22H17ClF3N5O2/c1-30-21(26)18(19(29-30)20(24)25)22(32)27-16-5-3-2-4-13(16)12-33-17-10-11-31(28-17)15-8-6-14(23)7-9-15/h2-11,20H,12H2,1H3,(H,27,32). The molecule has 0 aliphatic heterocycles. The number of ether oxygens (including phenoxy) is 1. The molecule has 0 aliphatic rings. The number of aryl methyl sites for hydroxylation is 1. The fourth-order valence-electron chi connectivity index (χ4n) is 3.11. The Bertz CT molecular complexity index is 1290. The fraction of sp³-hybridized carbons (Fsp3) is 0.136. The lowest BCUT2D eigenvalue weighted by atomic mass is 10.1. The maximum atomic E-state index is 14.2. The van der Waals surface area contributed by atoms with Gasteiger partial charge in [0.1, 0.15) is 17.9 Å². The molecule has 4 aromatic rings. The Morgan fingerprint density at radius 1 is 1.12 bits per heavy atom. The van der Waals surface area contributed by atoms with E-state index in [2.05, 4.69) is 15.5 Å². The molecule has 0 radical (unpaired) electrons. The van der Waals surface area contributed by atoms with E-state index in [0.29, 0.717) is 21.1 Å². The second-order valence-electron chi connectivity index (χ2n) is 6.95. The van der Waals surface area contributed by atoms with Crippen molar-refractivity contribution < 1.29 is 22.7 Å². The summed E-state index contributed by atoms with van der Waals surface area (Å²) >= 11 is 5.90. The number of halogens is 4. The number of carbonyl (C=O) groups is 1. The second-order valence-corrected chi connectivity index (χ2v) is 7.39. The number of amides is 1. The smallest absolute Gasteiger partial charge is 0.283 e. The van der Waals surface area contributed by atoms with E-state index in [-0.39, 0.29) is 12.3 Å². The summed E-state index contributed by atoms with van der Waals surface area (Å²) in [5.41, 5.74) is -0.118. The van der Waals surface area contributed by atoms with Crippen molar-refractivity contribution in [3.05, 3.63) is 88.6 Å². The molecule has 1 N–H and O–H groups in total. The van der Waals surface area contributed by atoms with E-state index < -0.39 is 29.5 Å². The molecule has 2 aromatic heterocycles. The first-order valence-corrected chi connectivity index (χ1v) is 10.1. The van der Waals surface area contributed by atoms with Crippen LogP contribution in [0.1, 0.15) is 28.0 Å². The minimum Gasteiger partial charge on any atom is -0.472 e. The number of aromatic nitrogens is 4. The normalized spacial score (nSPS) is 11.1. The van der Waals surface area contributed by atoms with E-state index in [1.54, 1.807) is 65.5 Å². The van der Waals surface area contributed by atoms with Crippen LogP contribution in [0.5, 0.6) is 5.88 Å². The van der Waals surface area contributed by atoms with Crippen LogP contribution in [0.15, 0.2) is 60.8 Å². The van der Waals surface area contributed by atoms with Gasteiger partial charge in [0.15, 0.2) is 0 Å². The number of hydrogen-bond acceptors (Lipinski definition) is 4. The summed E-state index contributed by atoms with van der Waals surface area (Å²) in [4.78, 5) is 12.6. The van der Waals surface area contributed by atoms with Crippen LogP contribution in [-0.4, -0.2) is 25.5 Å². The van der Waals surface area contributed by atoms with Crippen molar-refractivity contribution >= 4 is 23.2 Å². The number of nitrogens with zero attached hydrogens (tertiary/aromatic N) is 4. The molecule has 7 nitrogen and oxygen atoms in total. The Kier molecular flexibility index (Phi) is 6.36. The van der Waals surface area contributed by atoms with Crippen molar-refractivity contribution in [1.29, 1.82) is 0 Å². The first-order valence-electron chi connectivity index (χ1n) is 9.67. The molecule has 1 amide bonds. The van der Waals surface area contributed by atoms with Crippen molar-refractivity contribution in [2.75, 3.05) is 5.32 Å². The molecule has 11 heteroatoms. The number of anilines is 1. The quantitative estimate of drug-likeness (QED) is 0.400. The van der Waals surface area contributed by atoms with E-state index in [9.17, 15) is 18.0 Å². The molecule has 0 spiro atoms. The lowest BCUT2D eigenvalue weighted by Crippen LogP contribution is -2.17.